The van der Waals surface area contributed by atoms with Crippen molar-refractivity contribution in [2.75, 3.05) is 17.2 Å². The van der Waals surface area contributed by atoms with E-state index in [0.717, 1.165) is 10.1 Å². The van der Waals surface area contributed by atoms with Gasteiger partial charge in [-0.3, -0.25) is 4.79 Å². The predicted molar refractivity (Wildman–Crippen MR) is 116 cm³/mol. The Labute approximate surface area is 172 Å². The van der Waals surface area contributed by atoms with Gasteiger partial charge in [0.05, 0.1) is 5.25 Å². The molecule has 6 nitrogen and oxygen atoms in total. The van der Waals surface area contributed by atoms with Gasteiger partial charge in [-0.1, -0.05) is 47.4 Å². The Hall–Kier alpha value is -2.84. The van der Waals surface area contributed by atoms with E-state index >= 15 is 0 Å². The van der Waals surface area contributed by atoms with E-state index in [4.69, 9.17) is 4.74 Å². The number of hydrogen-bond acceptors (Lipinski definition) is 7. The number of nitrogens with zero attached hydrogens (tertiary/aromatic N) is 2. The van der Waals surface area contributed by atoms with E-state index in [0.29, 0.717) is 23.1 Å². The minimum absolute atomic E-state index is 0.0995. The normalized spacial score (nSPS) is 11.5. The summed E-state index contributed by atoms with van der Waals surface area (Å²) in [6.45, 7) is 6.11. The van der Waals surface area contributed by atoms with Crippen LogP contribution in [0, 0.1) is 0 Å². The van der Waals surface area contributed by atoms with Crippen molar-refractivity contribution in [3.8, 4) is 11.5 Å². The first-order valence-corrected chi connectivity index (χ1v) is 10.3. The molecule has 0 aliphatic rings. The molecule has 3 rings (SSSR count). The van der Waals surface area contributed by atoms with E-state index in [9.17, 15) is 4.79 Å². The number of ether oxygens (including phenoxy) is 1. The minimum Gasteiger partial charge on any atom is -0.457 e. The molecule has 8 heteroatoms. The van der Waals surface area contributed by atoms with Crippen molar-refractivity contribution in [3.05, 3.63) is 67.3 Å². The number of thioether (sulfide) groups is 1. The van der Waals surface area contributed by atoms with Crippen LogP contribution in [0.1, 0.15) is 6.92 Å². The number of amides is 1. The summed E-state index contributed by atoms with van der Waals surface area (Å²) in [5.41, 5.74) is 0.712. The van der Waals surface area contributed by atoms with Crippen LogP contribution in [0.3, 0.4) is 0 Å². The van der Waals surface area contributed by atoms with Crippen LogP contribution >= 0.6 is 23.1 Å². The molecule has 3 aromatic rings. The summed E-state index contributed by atoms with van der Waals surface area (Å²) in [7, 11) is 0. The van der Waals surface area contributed by atoms with Gasteiger partial charge >= 0.3 is 0 Å². The van der Waals surface area contributed by atoms with Gasteiger partial charge in [-0.2, -0.15) is 0 Å². The number of carbonyl (C=O) groups excluding carboxylic acids is 1. The van der Waals surface area contributed by atoms with Crippen LogP contribution in [-0.2, 0) is 4.79 Å². The molecule has 144 valence electrons. The summed E-state index contributed by atoms with van der Waals surface area (Å²) >= 11 is 2.79. The molecule has 1 aromatic heterocycles. The number of nitrogens with one attached hydrogen (secondary N) is 2. The first kappa shape index (κ1) is 19.9. The number of hydrogen-bond donors (Lipinski definition) is 2. The molecule has 2 aromatic carbocycles. The average molecular weight is 413 g/mol. The molecule has 0 aliphatic heterocycles. The maximum absolute atomic E-state index is 12.4. The summed E-state index contributed by atoms with van der Waals surface area (Å²) in [6.07, 6.45) is 1.75. The van der Waals surface area contributed by atoms with Gasteiger partial charge in [-0.25, -0.2) is 0 Å². The summed E-state index contributed by atoms with van der Waals surface area (Å²) in [5.74, 6) is 1.38. The van der Waals surface area contributed by atoms with Crippen molar-refractivity contribution < 1.29 is 9.53 Å². The van der Waals surface area contributed by atoms with Gasteiger partial charge in [0.15, 0.2) is 4.34 Å². The summed E-state index contributed by atoms with van der Waals surface area (Å²) in [5, 5.41) is 14.5. The van der Waals surface area contributed by atoms with E-state index in [1.807, 2.05) is 61.5 Å². The van der Waals surface area contributed by atoms with E-state index in [1.54, 1.807) is 6.08 Å². The molecule has 2 N–H and O–H groups in total. The van der Waals surface area contributed by atoms with Crippen LogP contribution in [0.15, 0.2) is 71.6 Å². The molecule has 0 saturated heterocycles. The first-order chi connectivity index (χ1) is 13.6. The molecule has 0 bridgehead atoms. The van der Waals surface area contributed by atoms with Gasteiger partial charge in [-0.15, -0.1) is 16.8 Å². The molecular weight excluding hydrogens is 392 g/mol. The third kappa shape index (κ3) is 5.83. The number of rotatable bonds is 9. The Balaban J connectivity index is 1.52. The topological polar surface area (TPSA) is 76.1 Å². The Bertz CT molecular complexity index is 913. The molecule has 0 aliphatic carbocycles. The highest BCUT2D eigenvalue weighted by Crippen LogP contribution is 2.29. The largest absolute Gasteiger partial charge is 0.457 e. The third-order valence-corrected chi connectivity index (χ3v) is 5.62. The van der Waals surface area contributed by atoms with Crippen molar-refractivity contribution in [2.24, 2.45) is 0 Å². The Kier molecular flexibility index (Phi) is 7.05. The fraction of sp³-hybridized carbons (Fsp3) is 0.150. The summed E-state index contributed by atoms with van der Waals surface area (Å²) in [4.78, 5) is 12.4. The van der Waals surface area contributed by atoms with Gasteiger partial charge in [-0.05, 0) is 43.3 Å². The monoisotopic (exact) mass is 412 g/mol. The third-order valence-electron chi connectivity index (χ3n) is 3.55. The quantitative estimate of drug-likeness (QED) is 0.378. The number of para-hydroxylation sites is 1. The molecule has 28 heavy (non-hydrogen) atoms. The maximum atomic E-state index is 12.4. The van der Waals surface area contributed by atoms with Crippen LogP contribution < -0.4 is 15.4 Å². The van der Waals surface area contributed by atoms with Crippen LogP contribution in [0.5, 0.6) is 11.5 Å². The molecule has 0 fully saturated rings. The number of benzene rings is 2. The lowest BCUT2D eigenvalue weighted by molar-refractivity contribution is -0.115. The lowest BCUT2D eigenvalue weighted by atomic mass is 10.3. The molecule has 0 spiro atoms. The number of anilines is 2. The van der Waals surface area contributed by atoms with Gasteiger partial charge in [0.1, 0.15) is 11.5 Å². The van der Waals surface area contributed by atoms with Crippen molar-refractivity contribution in [1.29, 1.82) is 0 Å². The van der Waals surface area contributed by atoms with Crippen LogP contribution in [0.2, 0.25) is 0 Å². The Morgan fingerprint density at radius 1 is 1.18 bits per heavy atom. The summed E-state index contributed by atoms with van der Waals surface area (Å²) in [6, 6.07) is 16.8. The van der Waals surface area contributed by atoms with E-state index in [2.05, 4.69) is 27.4 Å². The highest BCUT2D eigenvalue weighted by molar-refractivity contribution is 8.02. The van der Waals surface area contributed by atoms with E-state index < -0.39 is 0 Å². The van der Waals surface area contributed by atoms with Crippen molar-refractivity contribution in [3.63, 3.8) is 0 Å². The van der Waals surface area contributed by atoms with Gasteiger partial charge < -0.3 is 15.4 Å². The zero-order chi connectivity index (χ0) is 19.8. The standard InChI is InChI=1S/C20H20N4O2S2/c1-3-13-21-19-23-24-20(28-19)27-14(2)18(25)22-15-9-11-17(12-10-15)26-16-7-5-4-6-8-16/h3-12,14H,1,13H2,2H3,(H,21,23)(H,22,25). The lowest BCUT2D eigenvalue weighted by Gasteiger charge is -2.11. The molecule has 1 amide bonds. The fourth-order valence-corrected chi connectivity index (χ4v) is 4.07. The van der Waals surface area contributed by atoms with Gasteiger partial charge in [0, 0.05) is 12.2 Å². The van der Waals surface area contributed by atoms with Crippen molar-refractivity contribution in [1.82, 2.24) is 10.2 Å². The lowest BCUT2D eigenvalue weighted by Crippen LogP contribution is -2.22. The zero-order valence-corrected chi connectivity index (χ0v) is 16.9. The molecule has 1 unspecified atom stereocenters. The average Bonchev–Trinajstić information content (AvgIpc) is 3.16. The van der Waals surface area contributed by atoms with Crippen molar-refractivity contribution >= 4 is 39.8 Å². The maximum Gasteiger partial charge on any atom is 0.237 e. The minimum atomic E-state index is -0.305. The molecule has 0 radical (unpaired) electrons. The fourth-order valence-electron chi connectivity index (χ4n) is 2.17. The van der Waals surface area contributed by atoms with Gasteiger partial charge in [0.25, 0.3) is 0 Å². The second-order valence-electron chi connectivity index (χ2n) is 5.73. The second-order valence-corrected chi connectivity index (χ2v) is 8.30. The highest BCUT2D eigenvalue weighted by Gasteiger charge is 2.17. The van der Waals surface area contributed by atoms with Crippen LogP contribution in [-0.4, -0.2) is 27.9 Å². The van der Waals surface area contributed by atoms with Crippen LogP contribution in [0.25, 0.3) is 0 Å². The number of carbonyl (C=O) groups is 1. The van der Waals surface area contributed by atoms with Crippen LogP contribution in [0.4, 0.5) is 10.8 Å². The smallest absolute Gasteiger partial charge is 0.237 e. The van der Waals surface area contributed by atoms with Crippen molar-refractivity contribution in [2.45, 2.75) is 16.5 Å². The molecular formula is C20H20N4O2S2. The second kappa shape index (κ2) is 9.91. The molecule has 0 saturated carbocycles. The Morgan fingerprint density at radius 3 is 2.61 bits per heavy atom. The Morgan fingerprint density at radius 2 is 1.89 bits per heavy atom. The van der Waals surface area contributed by atoms with Gasteiger partial charge in [0.2, 0.25) is 11.0 Å². The first-order valence-electron chi connectivity index (χ1n) is 8.63. The molecule has 1 atom stereocenters. The highest BCUT2D eigenvalue weighted by atomic mass is 32.2. The van der Waals surface area contributed by atoms with E-state index in [1.165, 1.54) is 23.1 Å². The summed E-state index contributed by atoms with van der Waals surface area (Å²) < 4.78 is 6.49. The predicted octanol–water partition coefficient (Wildman–Crippen LogP) is 5.05. The molecule has 1 heterocycles. The number of aromatic nitrogens is 2. The van der Waals surface area contributed by atoms with E-state index in [-0.39, 0.29) is 11.2 Å². The zero-order valence-electron chi connectivity index (χ0n) is 15.3. The SMILES string of the molecule is C=CCNc1nnc(SC(C)C(=O)Nc2ccc(Oc3ccccc3)cc2)s1.